The van der Waals surface area contributed by atoms with Gasteiger partial charge >= 0.3 is 0 Å². The van der Waals surface area contributed by atoms with Gasteiger partial charge in [0, 0.05) is 25.6 Å². The molecule has 1 saturated heterocycles. The topological polar surface area (TPSA) is 42.4 Å². The van der Waals surface area contributed by atoms with Crippen molar-refractivity contribution in [2.75, 3.05) is 31.0 Å². The third kappa shape index (κ3) is 3.18. The van der Waals surface area contributed by atoms with Gasteiger partial charge in [0.2, 0.25) is 0 Å². The van der Waals surface area contributed by atoms with Gasteiger partial charge in [-0.05, 0) is 12.8 Å². The molecule has 0 bridgehead atoms. The molecular weight excluding hydrogens is 260 g/mol. The van der Waals surface area contributed by atoms with Crippen LogP contribution in [-0.2, 0) is 4.74 Å². The molecule has 0 aliphatic carbocycles. The van der Waals surface area contributed by atoms with Gasteiger partial charge in [-0.15, -0.1) is 22.9 Å². The highest BCUT2D eigenvalue weighted by molar-refractivity contribution is 7.13. The molecule has 0 spiro atoms. The van der Waals surface area contributed by atoms with E-state index in [1.165, 1.54) is 11.3 Å². The molecule has 0 amide bonds. The van der Waals surface area contributed by atoms with Gasteiger partial charge < -0.3 is 9.64 Å². The Hall–Kier alpha value is -0.650. The fourth-order valence-corrected chi connectivity index (χ4v) is 2.75. The first-order valence-corrected chi connectivity index (χ1v) is 6.99. The second-order valence-corrected chi connectivity index (χ2v) is 5.19. The molecule has 0 radical (unpaired) electrons. The average Bonchev–Trinajstić information content (AvgIpc) is 2.98. The number of ether oxygens (including phenoxy) is 1. The highest BCUT2D eigenvalue weighted by Crippen LogP contribution is 2.22. The minimum absolute atomic E-state index is 0.0153. The maximum atomic E-state index is 11.4. The molecule has 1 atom stereocenters. The van der Waals surface area contributed by atoms with Gasteiger partial charge in [0.15, 0.2) is 10.9 Å². The van der Waals surface area contributed by atoms with E-state index in [1.807, 2.05) is 11.9 Å². The lowest BCUT2D eigenvalue weighted by molar-refractivity contribution is 0.101. The Morgan fingerprint density at radius 3 is 3.24 bits per heavy atom. The van der Waals surface area contributed by atoms with E-state index in [0.29, 0.717) is 5.69 Å². The number of likely N-dealkylation sites (N-methyl/N-ethyl adjacent to an activating group) is 1. The van der Waals surface area contributed by atoms with Crippen molar-refractivity contribution in [3.63, 3.8) is 0 Å². The van der Waals surface area contributed by atoms with E-state index in [0.717, 1.165) is 31.1 Å². The molecule has 1 unspecified atom stereocenters. The van der Waals surface area contributed by atoms with Gasteiger partial charge in [-0.3, -0.25) is 4.79 Å². The monoisotopic (exact) mass is 274 g/mol. The summed E-state index contributed by atoms with van der Waals surface area (Å²) in [5, 5.41) is 2.60. The summed E-state index contributed by atoms with van der Waals surface area (Å²) in [6, 6.07) is 0. The smallest absolute Gasteiger partial charge is 0.196 e. The van der Waals surface area contributed by atoms with Crippen LogP contribution in [-0.4, -0.2) is 43.0 Å². The second kappa shape index (κ2) is 5.80. The van der Waals surface area contributed by atoms with Gasteiger partial charge in [-0.1, -0.05) is 0 Å². The number of nitrogens with zero attached hydrogens (tertiary/aromatic N) is 2. The molecule has 1 aliphatic rings. The molecule has 4 nitrogen and oxygen atoms in total. The Bertz CT molecular complexity index is 391. The standard InChI is InChI=1S/C11H15ClN2O2S/c1-14(6-8-3-2-4-16-8)11-13-9(7-17-11)10(15)5-12/h7-8H,2-6H2,1H3. The first kappa shape index (κ1) is 12.8. The first-order chi connectivity index (χ1) is 8.20. The quantitative estimate of drug-likeness (QED) is 0.610. The first-order valence-electron chi connectivity index (χ1n) is 5.58. The Balaban J connectivity index is 1.96. The molecule has 0 saturated carbocycles. The number of ketones is 1. The molecule has 1 aromatic rings. The number of alkyl halides is 1. The molecule has 2 heterocycles. The Labute approximate surface area is 110 Å². The van der Waals surface area contributed by atoms with Crippen LogP contribution in [0.2, 0.25) is 0 Å². The Kier molecular flexibility index (Phi) is 4.36. The summed E-state index contributed by atoms with van der Waals surface area (Å²) in [4.78, 5) is 17.7. The van der Waals surface area contributed by atoms with Gasteiger partial charge in [-0.25, -0.2) is 4.98 Å². The van der Waals surface area contributed by atoms with Crippen molar-refractivity contribution in [3.05, 3.63) is 11.1 Å². The van der Waals surface area contributed by atoms with Crippen LogP contribution < -0.4 is 4.90 Å². The minimum atomic E-state index is -0.125. The predicted molar refractivity (Wildman–Crippen MR) is 69.4 cm³/mol. The van der Waals surface area contributed by atoms with Crippen LogP contribution in [0.15, 0.2) is 5.38 Å². The predicted octanol–water partition coefficient (Wildman–Crippen LogP) is 2.18. The third-order valence-electron chi connectivity index (χ3n) is 2.73. The van der Waals surface area contributed by atoms with Gasteiger partial charge in [0.05, 0.1) is 12.0 Å². The molecule has 1 fully saturated rings. The van der Waals surface area contributed by atoms with Crippen LogP contribution in [0, 0.1) is 0 Å². The number of halogens is 1. The Morgan fingerprint density at radius 2 is 2.59 bits per heavy atom. The zero-order valence-electron chi connectivity index (χ0n) is 9.69. The fourth-order valence-electron chi connectivity index (χ4n) is 1.81. The van der Waals surface area contributed by atoms with Crippen molar-refractivity contribution in [3.8, 4) is 0 Å². The summed E-state index contributed by atoms with van der Waals surface area (Å²) >= 11 is 6.96. The number of rotatable bonds is 5. The van der Waals surface area contributed by atoms with Gasteiger partial charge in [-0.2, -0.15) is 0 Å². The summed E-state index contributed by atoms with van der Waals surface area (Å²) in [5.41, 5.74) is 0.458. The zero-order chi connectivity index (χ0) is 12.3. The molecule has 1 aromatic heterocycles. The lowest BCUT2D eigenvalue weighted by Gasteiger charge is -2.19. The minimum Gasteiger partial charge on any atom is -0.376 e. The van der Waals surface area contributed by atoms with Crippen LogP contribution in [0.5, 0.6) is 0 Å². The van der Waals surface area contributed by atoms with Crippen molar-refractivity contribution in [1.82, 2.24) is 4.98 Å². The van der Waals surface area contributed by atoms with E-state index in [2.05, 4.69) is 4.98 Å². The van der Waals surface area contributed by atoms with Crippen molar-refractivity contribution < 1.29 is 9.53 Å². The summed E-state index contributed by atoms with van der Waals surface area (Å²) in [6.45, 7) is 1.67. The van der Waals surface area contributed by atoms with E-state index < -0.39 is 0 Å². The summed E-state index contributed by atoms with van der Waals surface area (Å²) in [5.74, 6) is -0.141. The van der Waals surface area contributed by atoms with Crippen molar-refractivity contribution in [2.24, 2.45) is 0 Å². The average molecular weight is 275 g/mol. The second-order valence-electron chi connectivity index (χ2n) is 4.09. The number of Topliss-reactive ketones (excluding diaryl/α,β-unsaturated/α-hetero) is 1. The molecule has 94 valence electrons. The van der Waals surface area contributed by atoms with Crippen LogP contribution >= 0.6 is 22.9 Å². The fraction of sp³-hybridized carbons (Fsp3) is 0.636. The van der Waals surface area contributed by atoms with Crippen molar-refractivity contribution in [1.29, 1.82) is 0 Å². The number of carbonyl (C=O) groups excluding carboxylic acids is 1. The number of aromatic nitrogens is 1. The number of hydrogen-bond donors (Lipinski definition) is 0. The Morgan fingerprint density at radius 1 is 1.76 bits per heavy atom. The normalized spacial score (nSPS) is 19.5. The van der Waals surface area contributed by atoms with E-state index in [1.54, 1.807) is 5.38 Å². The van der Waals surface area contributed by atoms with Crippen molar-refractivity contribution in [2.45, 2.75) is 18.9 Å². The summed E-state index contributed by atoms with van der Waals surface area (Å²) in [6.07, 6.45) is 2.52. The number of thiazole rings is 1. The molecule has 6 heteroatoms. The lowest BCUT2D eigenvalue weighted by atomic mass is 10.2. The van der Waals surface area contributed by atoms with E-state index in [-0.39, 0.29) is 17.8 Å². The molecule has 0 N–H and O–H groups in total. The molecule has 1 aliphatic heterocycles. The maximum Gasteiger partial charge on any atom is 0.196 e. The highest BCUT2D eigenvalue weighted by Gasteiger charge is 2.19. The maximum absolute atomic E-state index is 11.4. The summed E-state index contributed by atoms with van der Waals surface area (Å²) < 4.78 is 5.57. The van der Waals surface area contributed by atoms with Crippen LogP contribution in [0.4, 0.5) is 5.13 Å². The number of carbonyl (C=O) groups is 1. The van der Waals surface area contributed by atoms with Crippen LogP contribution in [0.3, 0.4) is 0 Å². The van der Waals surface area contributed by atoms with E-state index >= 15 is 0 Å². The molecule has 0 aromatic carbocycles. The van der Waals surface area contributed by atoms with Crippen molar-refractivity contribution >= 4 is 33.9 Å². The largest absolute Gasteiger partial charge is 0.376 e. The number of anilines is 1. The van der Waals surface area contributed by atoms with Gasteiger partial charge in [0.1, 0.15) is 5.69 Å². The lowest BCUT2D eigenvalue weighted by Crippen LogP contribution is -2.28. The van der Waals surface area contributed by atoms with E-state index in [9.17, 15) is 4.79 Å². The summed E-state index contributed by atoms with van der Waals surface area (Å²) in [7, 11) is 1.97. The highest BCUT2D eigenvalue weighted by atomic mass is 35.5. The van der Waals surface area contributed by atoms with Crippen LogP contribution in [0.1, 0.15) is 23.3 Å². The molecular formula is C11H15ClN2O2S. The number of hydrogen-bond acceptors (Lipinski definition) is 5. The SMILES string of the molecule is CN(CC1CCCO1)c1nc(C(=O)CCl)cs1. The van der Waals surface area contributed by atoms with Crippen LogP contribution in [0.25, 0.3) is 0 Å². The molecule has 2 rings (SSSR count). The van der Waals surface area contributed by atoms with E-state index in [4.69, 9.17) is 16.3 Å². The molecule has 17 heavy (non-hydrogen) atoms. The third-order valence-corrected chi connectivity index (χ3v) is 3.92. The van der Waals surface area contributed by atoms with Gasteiger partial charge in [0.25, 0.3) is 0 Å². The zero-order valence-corrected chi connectivity index (χ0v) is 11.3.